The van der Waals surface area contributed by atoms with E-state index in [9.17, 15) is 19.8 Å². The van der Waals surface area contributed by atoms with Crippen molar-refractivity contribution in [2.24, 2.45) is 0 Å². The first-order chi connectivity index (χ1) is 15.9. The number of carbonyl (C=O) groups is 2. The van der Waals surface area contributed by atoms with Gasteiger partial charge >= 0.3 is 0 Å². The lowest BCUT2D eigenvalue weighted by molar-refractivity contribution is -0.140. The number of nitrogens with zero attached hydrogens (tertiary/aromatic N) is 1. The lowest BCUT2D eigenvalue weighted by atomic mass is 9.95. The Morgan fingerprint density at radius 1 is 1.15 bits per heavy atom. The molecule has 0 unspecified atom stereocenters. The summed E-state index contributed by atoms with van der Waals surface area (Å²) >= 11 is 0. The third kappa shape index (κ3) is 5.01. The summed E-state index contributed by atoms with van der Waals surface area (Å²) in [6.07, 6.45) is 1.61. The van der Waals surface area contributed by atoms with E-state index < -0.39 is 17.7 Å². The van der Waals surface area contributed by atoms with Crippen molar-refractivity contribution in [3.8, 4) is 17.2 Å². The highest BCUT2D eigenvalue weighted by molar-refractivity contribution is 6.46. The Hall–Kier alpha value is -3.78. The molecule has 8 heteroatoms. The van der Waals surface area contributed by atoms with Crippen LogP contribution < -0.4 is 9.47 Å². The Balaban J connectivity index is 2.10. The summed E-state index contributed by atoms with van der Waals surface area (Å²) in [4.78, 5) is 27.2. The molecule has 0 radical (unpaired) electrons. The lowest BCUT2D eigenvalue weighted by Gasteiger charge is -2.25. The van der Waals surface area contributed by atoms with Crippen molar-refractivity contribution in [1.29, 1.82) is 0 Å². The maximum absolute atomic E-state index is 13.0. The molecule has 2 aromatic rings. The largest absolute Gasteiger partial charge is 0.507 e. The standard InChI is InChI=1S/C25H27NO7/c1-4-13-33-18-9-6-16(7-10-18)23(28)21-22(26(12-14-31-3)25(30)24(21)29)17-8-11-19(27)20(15-17)32-5-2/h4,6-11,15,22,27-28H,1,5,12-14H2,2-3H3/t22-/m1/s1. The van der Waals surface area contributed by atoms with Gasteiger partial charge in [-0.1, -0.05) is 18.7 Å². The Bertz CT molecular complexity index is 1060. The second-order valence-electron chi connectivity index (χ2n) is 7.27. The second kappa shape index (κ2) is 10.7. The van der Waals surface area contributed by atoms with Gasteiger partial charge in [0, 0.05) is 19.2 Å². The molecule has 0 saturated carbocycles. The SMILES string of the molecule is C=CCOc1ccc(C(O)=C2C(=O)C(=O)N(CCOC)[C@@H]2c2ccc(O)c(OCC)c2)cc1. The number of aromatic hydroxyl groups is 1. The maximum atomic E-state index is 13.0. The van der Waals surface area contributed by atoms with Crippen molar-refractivity contribution >= 4 is 17.4 Å². The molecule has 1 atom stereocenters. The van der Waals surface area contributed by atoms with Crippen LogP contribution in [-0.2, 0) is 14.3 Å². The predicted octanol–water partition coefficient (Wildman–Crippen LogP) is 3.42. The van der Waals surface area contributed by atoms with Crippen LogP contribution in [-0.4, -0.2) is 60.3 Å². The minimum Gasteiger partial charge on any atom is -0.507 e. The number of phenolic OH excluding ortho intramolecular Hbond substituents is 1. The predicted molar refractivity (Wildman–Crippen MR) is 122 cm³/mol. The smallest absolute Gasteiger partial charge is 0.295 e. The fourth-order valence-corrected chi connectivity index (χ4v) is 3.64. The molecular weight excluding hydrogens is 426 g/mol. The quantitative estimate of drug-likeness (QED) is 0.246. The number of methoxy groups -OCH3 is 1. The number of amides is 1. The zero-order valence-electron chi connectivity index (χ0n) is 18.6. The van der Waals surface area contributed by atoms with Crippen molar-refractivity contribution in [1.82, 2.24) is 4.90 Å². The van der Waals surface area contributed by atoms with E-state index in [2.05, 4.69) is 6.58 Å². The van der Waals surface area contributed by atoms with Crippen molar-refractivity contribution in [3.63, 3.8) is 0 Å². The van der Waals surface area contributed by atoms with Crippen LogP contribution in [0.15, 0.2) is 60.7 Å². The Morgan fingerprint density at radius 2 is 1.88 bits per heavy atom. The van der Waals surface area contributed by atoms with E-state index in [0.29, 0.717) is 30.1 Å². The highest BCUT2D eigenvalue weighted by atomic mass is 16.5. The topological polar surface area (TPSA) is 106 Å². The van der Waals surface area contributed by atoms with Crippen molar-refractivity contribution in [2.75, 3.05) is 33.5 Å². The average Bonchev–Trinajstić information content (AvgIpc) is 3.07. The Kier molecular flexibility index (Phi) is 7.74. The normalized spacial score (nSPS) is 17.3. The molecule has 2 aromatic carbocycles. The molecule has 0 spiro atoms. The minimum absolute atomic E-state index is 0.0519. The average molecular weight is 453 g/mol. The molecular formula is C25H27NO7. The summed E-state index contributed by atoms with van der Waals surface area (Å²) in [5.74, 6) is -1.12. The van der Waals surface area contributed by atoms with Gasteiger partial charge in [-0.15, -0.1) is 0 Å². The molecule has 33 heavy (non-hydrogen) atoms. The molecule has 0 aliphatic carbocycles. The van der Waals surface area contributed by atoms with Crippen LogP contribution >= 0.6 is 0 Å². The zero-order valence-corrected chi connectivity index (χ0v) is 18.6. The van der Waals surface area contributed by atoms with Crippen molar-refractivity contribution in [2.45, 2.75) is 13.0 Å². The van der Waals surface area contributed by atoms with E-state index in [1.807, 2.05) is 0 Å². The molecule has 1 fully saturated rings. The third-order valence-corrected chi connectivity index (χ3v) is 5.17. The van der Waals surface area contributed by atoms with E-state index in [0.717, 1.165) is 0 Å². The van der Waals surface area contributed by atoms with Gasteiger partial charge in [-0.25, -0.2) is 0 Å². The van der Waals surface area contributed by atoms with Gasteiger partial charge in [0.2, 0.25) is 0 Å². The molecule has 1 aliphatic heterocycles. The molecule has 0 bridgehead atoms. The number of hydrogen-bond donors (Lipinski definition) is 2. The third-order valence-electron chi connectivity index (χ3n) is 5.17. The number of Topliss-reactive ketones (excluding diaryl/α,β-unsaturated/α-hetero) is 1. The number of aliphatic hydroxyl groups is 1. The molecule has 3 rings (SSSR count). The molecule has 1 saturated heterocycles. The van der Waals surface area contributed by atoms with E-state index in [-0.39, 0.29) is 36.0 Å². The molecule has 1 aliphatic rings. The van der Waals surface area contributed by atoms with Gasteiger partial charge in [-0.05, 0) is 48.9 Å². The highest BCUT2D eigenvalue weighted by Crippen LogP contribution is 2.41. The maximum Gasteiger partial charge on any atom is 0.295 e. The van der Waals surface area contributed by atoms with Gasteiger partial charge < -0.3 is 29.3 Å². The molecule has 0 aromatic heterocycles. The first-order valence-corrected chi connectivity index (χ1v) is 10.5. The summed E-state index contributed by atoms with van der Waals surface area (Å²) in [5, 5.41) is 21.2. The molecule has 8 nitrogen and oxygen atoms in total. The number of likely N-dealkylation sites (tertiary alicyclic amines) is 1. The molecule has 174 valence electrons. The second-order valence-corrected chi connectivity index (χ2v) is 7.27. The number of benzene rings is 2. The Labute approximate surface area is 192 Å². The van der Waals surface area contributed by atoms with E-state index in [1.54, 1.807) is 49.4 Å². The minimum atomic E-state index is -0.878. The number of rotatable bonds is 10. The highest BCUT2D eigenvalue weighted by Gasteiger charge is 2.46. The number of aliphatic hydroxyl groups excluding tert-OH is 1. The van der Waals surface area contributed by atoms with Crippen molar-refractivity contribution < 1.29 is 34.0 Å². The van der Waals surface area contributed by atoms with Crippen LogP contribution in [0.4, 0.5) is 0 Å². The van der Waals surface area contributed by atoms with Gasteiger partial charge in [-0.3, -0.25) is 9.59 Å². The first kappa shape index (κ1) is 23.9. The van der Waals surface area contributed by atoms with Gasteiger partial charge in [-0.2, -0.15) is 0 Å². The van der Waals surface area contributed by atoms with Crippen LogP contribution in [0.5, 0.6) is 17.2 Å². The number of phenols is 1. The summed E-state index contributed by atoms with van der Waals surface area (Å²) in [6, 6.07) is 10.2. The lowest BCUT2D eigenvalue weighted by Crippen LogP contribution is -2.32. The fourth-order valence-electron chi connectivity index (χ4n) is 3.64. The van der Waals surface area contributed by atoms with Crippen LogP contribution in [0, 0.1) is 0 Å². The Morgan fingerprint density at radius 3 is 2.52 bits per heavy atom. The molecule has 1 amide bonds. The molecule has 2 N–H and O–H groups in total. The van der Waals surface area contributed by atoms with Crippen LogP contribution in [0.2, 0.25) is 0 Å². The van der Waals surface area contributed by atoms with Crippen LogP contribution in [0.3, 0.4) is 0 Å². The molecule has 1 heterocycles. The van der Waals surface area contributed by atoms with Crippen molar-refractivity contribution in [3.05, 3.63) is 71.8 Å². The summed E-state index contributed by atoms with van der Waals surface area (Å²) in [6.45, 7) is 6.37. The zero-order chi connectivity index (χ0) is 24.0. The van der Waals surface area contributed by atoms with Crippen LogP contribution in [0.1, 0.15) is 24.1 Å². The van der Waals surface area contributed by atoms with Crippen LogP contribution in [0.25, 0.3) is 5.76 Å². The monoisotopic (exact) mass is 453 g/mol. The fraction of sp³-hybridized carbons (Fsp3) is 0.280. The first-order valence-electron chi connectivity index (χ1n) is 10.5. The van der Waals surface area contributed by atoms with Gasteiger partial charge in [0.1, 0.15) is 18.1 Å². The number of ether oxygens (including phenoxy) is 3. The number of carbonyl (C=O) groups excluding carboxylic acids is 2. The number of ketones is 1. The number of hydrogen-bond acceptors (Lipinski definition) is 7. The van der Waals surface area contributed by atoms with E-state index in [1.165, 1.54) is 18.1 Å². The van der Waals surface area contributed by atoms with Gasteiger partial charge in [0.25, 0.3) is 11.7 Å². The summed E-state index contributed by atoms with van der Waals surface area (Å²) < 4.78 is 16.0. The summed E-state index contributed by atoms with van der Waals surface area (Å²) in [7, 11) is 1.50. The summed E-state index contributed by atoms with van der Waals surface area (Å²) in [5.41, 5.74) is 0.822. The van der Waals surface area contributed by atoms with Gasteiger partial charge in [0.15, 0.2) is 11.5 Å². The van der Waals surface area contributed by atoms with E-state index in [4.69, 9.17) is 14.2 Å². The van der Waals surface area contributed by atoms with E-state index >= 15 is 0 Å². The van der Waals surface area contributed by atoms with Gasteiger partial charge in [0.05, 0.1) is 24.8 Å².